The molecule has 0 atom stereocenters. The maximum atomic E-state index is 11.4. The molecule has 0 amide bonds. The van der Waals surface area contributed by atoms with Gasteiger partial charge in [0, 0.05) is 6.42 Å². The van der Waals surface area contributed by atoms with Gasteiger partial charge in [-0.1, -0.05) is 0 Å². The molecular weight excluding hydrogens is 244 g/mol. The van der Waals surface area contributed by atoms with Crippen molar-refractivity contribution in [2.45, 2.75) is 33.6 Å². The molecule has 0 spiro atoms. The van der Waals surface area contributed by atoms with Gasteiger partial charge in [-0.2, -0.15) is 0 Å². The van der Waals surface area contributed by atoms with Crippen molar-refractivity contribution >= 4 is 5.97 Å². The molecule has 1 aromatic carbocycles. The normalized spacial score (nSPS) is 10.1. The molecule has 4 nitrogen and oxygen atoms in total. The van der Waals surface area contributed by atoms with E-state index in [0.717, 1.165) is 17.1 Å². The van der Waals surface area contributed by atoms with Crippen LogP contribution in [0.4, 0.5) is 0 Å². The van der Waals surface area contributed by atoms with E-state index in [4.69, 9.17) is 14.2 Å². The molecule has 0 bridgehead atoms. The maximum absolute atomic E-state index is 11.4. The maximum Gasteiger partial charge on any atom is 0.306 e. The number of carbonyl (C=O) groups is 1. The monoisotopic (exact) mass is 266 g/mol. The lowest BCUT2D eigenvalue weighted by molar-refractivity contribution is -0.143. The van der Waals surface area contributed by atoms with Crippen LogP contribution in [0.15, 0.2) is 18.2 Å². The molecule has 1 rings (SSSR count). The summed E-state index contributed by atoms with van der Waals surface area (Å²) in [5.74, 6) is 1.41. The van der Waals surface area contributed by atoms with Crippen molar-refractivity contribution in [2.75, 3.05) is 19.8 Å². The second-order valence-electron chi connectivity index (χ2n) is 3.94. The van der Waals surface area contributed by atoms with Gasteiger partial charge in [0.25, 0.3) is 0 Å². The lowest BCUT2D eigenvalue weighted by Gasteiger charge is -2.12. The quantitative estimate of drug-likeness (QED) is 0.679. The van der Waals surface area contributed by atoms with Crippen molar-refractivity contribution in [1.82, 2.24) is 0 Å². The highest BCUT2D eigenvalue weighted by Gasteiger charge is 2.09. The van der Waals surface area contributed by atoms with Crippen molar-refractivity contribution in [3.63, 3.8) is 0 Å². The second-order valence-corrected chi connectivity index (χ2v) is 3.94. The number of carbonyl (C=O) groups excluding carboxylic acids is 1. The van der Waals surface area contributed by atoms with Crippen molar-refractivity contribution in [1.29, 1.82) is 0 Å². The van der Waals surface area contributed by atoms with Gasteiger partial charge >= 0.3 is 5.97 Å². The Morgan fingerprint density at radius 3 is 2.42 bits per heavy atom. The molecule has 0 N–H and O–H groups in total. The van der Waals surface area contributed by atoms with E-state index in [1.807, 2.05) is 32.0 Å². The summed E-state index contributed by atoms with van der Waals surface area (Å²) in [6.07, 6.45) is 0.943. The van der Waals surface area contributed by atoms with Crippen LogP contribution < -0.4 is 9.47 Å². The molecule has 0 aliphatic heterocycles. The molecule has 1 aromatic rings. The SMILES string of the molecule is CCOC(=O)CCc1cc(OCC)ccc1OCC. The lowest BCUT2D eigenvalue weighted by atomic mass is 10.1. The third-order valence-electron chi connectivity index (χ3n) is 2.55. The fourth-order valence-electron chi connectivity index (χ4n) is 1.77. The molecule has 0 saturated heterocycles. The molecule has 0 heterocycles. The number of hydrogen-bond acceptors (Lipinski definition) is 4. The zero-order chi connectivity index (χ0) is 14.1. The Balaban J connectivity index is 2.75. The van der Waals surface area contributed by atoms with Gasteiger partial charge in [-0.05, 0) is 51.0 Å². The molecule has 0 fully saturated rings. The van der Waals surface area contributed by atoms with Crippen LogP contribution in [0, 0.1) is 0 Å². The fourth-order valence-corrected chi connectivity index (χ4v) is 1.77. The van der Waals surface area contributed by atoms with Crippen LogP contribution in [-0.2, 0) is 16.0 Å². The molecule has 0 unspecified atom stereocenters. The third-order valence-corrected chi connectivity index (χ3v) is 2.55. The van der Waals surface area contributed by atoms with Crippen LogP contribution >= 0.6 is 0 Å². The van der Waals surface area contributed by atoms with Crippen LogP contribution in [-0.4, -0.2) is 25.8 Å². The van der Waals surface area contributed by atoms with Gasteiger partial charge in [-0.3, -0.25) is 4.79 Å². The van der Waals surface area contributed by atoms with Gasteiger partial charge in [-0.25, -0.2) is 0 Å². The predicted octanol–water partition coefficient (Wildman–Crippen LogP) is 2.98. The second kappa shape index (κ2) is 8.40. The number of benzene rings is 1. The van der Waals surface area contributed by atoms with Gasteiger partial charge in [0.15, 0.2) is 0 Å². The number of rotatable bonds is 8. The summed E-state index contributed by atoms with van der Waals surface area (Å²) in [6.45, 7) is 7.31. The largest absolute Gasteiger partial charge is 0.494 e. The molecule has 19 heavy (non-hydrogen) atoms. The van der Waals surface area contributed by atoms with E-state index in [2.05, 4.69) is 0 Å². The summed E-state index contributed by atoms with van der Waals surface area (Å²) in [5, 5.41) is 0. The van der Waals surface area contributed by atoms with Gasteiger partial charge in [-0.15, -0.1) is 0 Å². The number of esters is 1. The van der Waals surface area contributed by atoms with Gasteiger partial charge in [0.1, 0.15) is 11.5 Å². The number of hydrogen-bond donors (Lipinski definition) is 0. The van der Waals surface area contributed by atoms with E-state index < -0.39 is 0 Å². The van der Waals surface area contributed by atoms with Crippen LogP contribution in [0.5, 0.6) is 11.5 Å². The van der Waals surface area contributed by atoms with E-state index in [9.17, 15) is 4.79 Å². The van der Waals surface area contributed by atoms with Crippen molar-refractivity contribution in [3.8, 4) is 11.5 Å². The van der Waals surface area contributed by atoms with Crippen LogP contribution in [0.2, 0.25) is 0 Å². The molecule has 0 aliphatic rings. The summed E-state index contributed by atoms with van der Waals surface area (Å²) in [6, 6.07) is 5.69. The first kappa shape index (κ1) is 15.3. The molecule has 0 aliphatic carbocycles. The Hall–Kier alpha value is -1.71. The highest BCUT2D eigenvalue weighted by molar-refractivity contribution is 5.69. The zero-order valence-corrected chi connectivity index (χ0v) is 11.9. The average molecular weight is 266 g/mol. The number of ether oxygens (including phenoxy) is 3. The highest BCUT2D eigenvalue weighted by Crippen LogP contribution is 2.25. The summed E-state index contributed by atoms with van der Waals surface area (Å²) < 4.78 is 15.9. The minimum absolute atomic E-state index is 0.188. The van der Waals surface area contributed by atoms with Crippen molar-refractivity contribution in [2.24, 2.45) is 0 Å². The Bertz CT molecular complexity index is 401. The Morgan fingerprint density at radius 1 is 1.05 bits per heavy atom. The van der Waals surface area contributed by atoms with E-state index in [-0.39, 0.29) is 5.97 Å². The summed E-state index contributed by atoms with van der Waals surface area (Å²) in [7, 11) is 0. The van der Waals surface area contributed by atoms with E-state index in [1.165, 1.54) is 0 Å². The third kappa shape index (κ3) is 5.20. The van der Waals surface area contributed by atoms with Gasteiger partial charge in [0.05, 0.1) is 19.8 Å². The van der Waals surface area contributed by atoms with Crippen LogP contribution in [0.1, 0.15) is 32.8 Å². The molecule has 4 heteroatoms. The van der Waals surface area contributed by atoms with E-state index >= 15 is 0 Å². The molecular formula is C15H22O4. The first-order valence-corrected chi connectivity index (χ1v) is 6.75. The highest BCUT2D eigenvalue weighted by atomic mass is 16.5. The van der Waals surface area contributed by atoms with Gasteiger partial charge in [0.2, 0.25) is 0 Å². The summed E-state index contributed by atoms with van der Waals surface area (Å²) in [4.78, 5) is 11.4. The first-order valence-electron chi connectivity index (χ1n) is 6.75. The van der Waals surface area contributed by atoms with Crippen molar-refractivity contribution < 1.29 is 19.0 Å². The number of aryl methyl sites for hydroxylation is 1. The van der Waals surface area contributed by atoms with E-state index in [0.29, 0.717) is 32.7 Å². The minimum Gasteiger partial charge on any atom is -0.494 e. The standard InChI is InChI=1S/C15H22O4/c1-4-17-13-8-9-14(18-5-2)12(11-13)7-10-15(16)19-6-3/h8-9,11H,4-7,10H2,1-3H3. The van der Waals surface area contributed by atoms with Crippen LogP contribution in [0.3, 0.4) is 0 Å². The Labute approximate surface area is 114 Å². The minimum atomic E-state index is -0.188. The van der Waals surface area contributed by atoms with Crippen molar-refractivity contribution in [3.05, 3.63) is 23.8 Å². The molecule has 0 radical (unpaired) electrons. The Morgan fingerprint density at radius 2 is 1.79 bits per heavy atom. The van der Waals surface area contributed by atoms with Gasteiger partial charge < -0.3 is 14.2 Å². The topological polar surface area (TPSA) is 44.8 Å². The predicted molar refractivity (Wildman–Crippen MR) is 73.7 cm³/mol. The first-order chi connectivity index (χ1) is 9.21. The molecule has 106 valence electrons. The fraction of sp³-hybridized carbons (Fsp3) is 0.533. The average Bonchev–Trinajstić information content (AvgIpc) is 2.40. The molecule has 0 saturated carbocycles. The zero-order valence-electron chi connectivity index (χ0n) is 11.9. The lowest BCUT2D eigenvalue weighted by Crippen LogP contribution is -2.06. The van der Waals surface area contributed by atoms with Crippen LogP contribution in [0.25, 0.3) is 0 Å². The molecule has 0 aromatic heterocycles. The van der Waals surface area contributed by atoms with E-state index in [1.54, 1.807) is 6.92 Å². The summed E-state index contributed by atoms with van der Waals surface area (Å²) >= 11 is 0. The Kier molecular flexibility index (Phi) is 6.79. The smallest absolute Gasteiger partial charge is 0.306 e. The summed E-state index contributed by atoms with van der Waals surface area (Å²) in [5.41, 5.74) is 0.973.